The average molecular weight is 297 g/mol. The van der Waals surface area contributed by atoms with E-state index in [1.807, 2.05) is 19.1 Å². The molecule has 4 heteroatoms. The van der Waals surface area contributed by atoms with Crippen LogP contribution in [0.15, 0.2) is 24.3 Å². The molecular formula is C17H25F2NO. The molecule has 3 unspecified atom stereocenters. The van der Waals surface area contributed by atoms with Gasteiger partial charge in [-0.1, -0.05) is 38.0 Å². The van der Waals surface area contributed by atoms with E-state index in [1.54, 1.807) is 12.1 Å². The van der Waals surface area contributed by atoms with Crippen LogP contribution in [0.2, 0.25) is 0 Å². The number of rotatable bonds is 5. The topological polar surface area (TPSA) is 21.3 Å². The number of para-hydroxylation sites is 1. The summed E-state index contributed by atoms with van der Waals surface area (Å²) in [5.41, 5.74) is 0.801. The van der Waals surface area contributed by atoms with E-state index < -0.39 is 6.61 Å². The summed E-state index contributed by atoms with van der Waals surface area (Å²) in [6, 6.07) is 7.52. The highest BCUT2D eigenvalue weighted by molar-refractivity contribution is 5.35. The van der Waals surface area contributed by atoms with Crippen LogP contribution in [0.3, 0.4) is 0 Å². The Morgan fingerprint density at radius 1 is 1.14 bits per heavy atom. The fourth-order valence-corrected chi connectivity index (χ4v) is 3.14. The van der Waals surface area contributed by atoms with Gasteiger partial charge < -0.3 is 10.1 Å². The first kappa shape index (κ1) is 16.2. The van der Waals surface area contributed by atoms with E-state index in [4.69, 9.17) is 0 Å². The van der Waals surface area contributed by atoms with Crippen molar-refractivity contribution in [3.63, 3.8) is 0 Å². The summed E-state index contributed by atoms with van der Waals surface area (Å²) in [4.78, 5) is 0. The van der Waals surface area contributed by atoms with Crippen molar-refractivity contribution in [1.82, 2.24) is 5.32 Å². The zero-order valence-electron chi connectivity index (χ0n) is 12.8. The second kappa shape index (κ2) is 7.74. The van der Waals surface area contributed by atoms with Gasteiger partial charge in [0.15, 0.2) is 0 Å². The molecule has 0 spiro atoms. The minimum Gasteiger partial charge on any atom is -0.434 e. The third-order valence-corrected chi connectivity index (χ3v) is 4.34. The van der Waals surface area contributed by atoms with E-state index in [0.29, 0.717) is 6.04 Å². The predicted octanol–water partition coefficient (Wildman–Crippen LogP) is 4.91. The molecule has 1 aliphatic rings. The van der Waals surface area contributed by atoms with Gasteiger partial charge in [-0.3, -0.25) is 0 Å². The van der Waals surface area contributed by atoms with Crippen LogP contribution in [-0.2, 0) is 0 Å². The molecule has 0 aromatic heterocycles. The summed E-state index contributed by atoms with van der Waals surface area (Å²) in [7, 11) is 0. The van der Waals surface area contributed by atoms with E-state index in [9.17, 15) is 8.78 Å². The van der Waals surface area contributed by atoms with Gasteiger partial charge in [0.05, 0.1) is 0 Å². The molecule has 0 amide bonds. The van der Waals surface area contributed by atoms with Crippen LogP contribution >= 0.6 is 0 Å². The predicted molar refractivity (Wildman–Crippen MR) is 80.7 cm³/mol. The Balaban J connectivity index is 2.00. The average Bonchev–Trinajstić information content (AvgIpc) is 2.63. The van der Waals surface area contributed by atoms with Crippen LogP contribution in [0, 0.1) is 5.92 Å². The fraction of sp³-hybridized carbons (Fsp3) is 0.647. The molecule has 1 aliphatic carbocycles. The van der Waals surface area contributed by atoms with E-state index in [-0.39, 0.29) is 11.8 Å². The second-order valence-corrected chi connectivity index (χ2v) is 6.12. The first-order chi connectivity index (χ1) is 10.1. The normalized spacial score (nSPS) is 24.6. The monoisotopic (exact) mass is 297 g/mol. The lowest BCUT2D eigenvalue weighted by Gasteiger charge is -2.24. The van der Waals surface area contributed by atoms with Crippen LogP contribution < -0.4 is 10.1 Å². The molecular weight excluding hydrogens is 272 g/mol. The van der Waals surface area contributed by atoms with Crippen LogP contribution in [-0.4, -0.2) is 12.7 Å². The molecule has 0 heterocycles. The van der Waals surface area contributed by atoms with Crippen LogP contribution in [0.25, 0.3) is 0 Å². The van der Waals surface area contributed by atoms with Crippen molar-refractivity contribution in [2.75, 3.05) is 0 Å². The lowest BCUT2D eigenvalue weighted by atomic mass is 10.0. The minimum absolute atomic E-state index is 0.0124. The molecule has 0 saturated heterocycles. The highest BCUT2D eigenvalue weighted by atomic mass is 19.3. The Labute approximate surface area is 125 Å². The third kappa shape index (κ3) is 4.95. The number of nitrogens with one attached hydrogen (secondary N) is 1. The summed E-state index contributed by atoms with van der Waals surface area (Å²) in [5.74, 6) is 1.07. The fourth-order valence-electron chi connectivity index (χ4n) is 3.14. The summed E-state index contributed by atoms with van der Waals surface area (Å²) >= 11 is 0. The Hall–Kier alpha value is -1.16. The van der Waals surface area contributed by atoms with Crippen molar-refractivity contribution in [2.45, 2.75) is 64.6 Å². The van der Waals surface area contributed by atoms with Crippen molar-refractivity contribution in [3.8, 4) is 5.75 Å². The molecule has 1 fully saturated rings. The molecule has 1 aromatic carbocycles. The summed E-state index contributed by atoms with van der Waals surface area (Å²) < 4.78 is 29.6. The number of alkyl halides is 2. The Morgan fingerprint density at radius 2 is 1.90 bits per heavy atom. The first-order valence-corrected chi connectivity index (χ1v) is 7.86. The van der Waals surface area contributed by atoms with Crippen molar-refractivity contribution < 1.29 is 13.5 Å². The van der Waals surface area contributed by atoms with Gasteiger partial charge in [-0.15, -0.1) is 0 Å². The molecule has 0 bridgehead atoms. The molecule has 1 aromatic rings. The van der Waals surface area contributed by atoms with Gasteiger partial charge in [0.1, 0.15) is 5.75 Å². The largest absolute Gasteiger partial charge is 0.434 e. The van der Waals surface area contributed by atoms with Crippen molar-refractivity contribution in [1.29, 1.82) is 0 Å². The number of hydrogen-bond acceptors (Lipinski definition) is 2. The highest BCUT2D eigenvalue weighted by Crippen LogP contribution is 2.29. The Kier molecular flexibility index (Phi) is 5.97. The molecule has 21 heavy (non-hydrogen) atoms. The van der Waals surface area contributed by atoms with Crippen LogP contribution in [0.5, 0.6) is 5.75 Å². The molecule has 2 rings (SSSR count). The summed E-state index contributed by atoms with van der Waals surface area (Å²) in [5, 5.41) is 3.58. The Bertz CT molecular complexity index is 439. The number of halogens is 2. The number of ether oxygens (including phenoxy) is 1. The molecule has 1 N–H and O–H groups in total. The molecule has 3 atom stereocenters. The van der Waals surface area contributed by atoms with Crippen molar-refractivity contribution in [2.24, 2.45) is 5.92 Å². The van der Waals surface area contributed by atoms with Gasteiger partial charge in [-0.2, -0.15) is 8.78 Å². The second-order valence-electron chi connectivity index (χ2n) is 6.12. The number of benzene rings is 1. The lowest BCUT2D eigenvalue weighted by molar-refractivity contribution is -0.0507. The van der Waals surface area contributed by atoms with E-state index >= 15 is 0 Å². The molecule has 118 valence electrons. The Morgan fingerprint density at radius 3 is 2.67 bits per heavy atom. The smallest absolute Gasteiger partial charge is 0.387 e. The van der Waals surface area contributed by atoms with Crippen LogP contribution in [0.4, 0.5) is 8.78 Å². The SMILES string of the molecule is CC1CCCC(NC(C)c2ccccc2OC(F)F)CC1. The van der Waals surface area contributed by atoms with Crippen molar-refractivity contribution in [3.05, 3.63) is 29.8 Å². The van der Waals surface area contributed by atoms with Crippen LogP contribution in [0.1, 0.15) is 57.6 Å². The highest BCUT2D eigenvalue weighted by Gasteiger charge is 2.20. The zero-order chi connectivity index (χ0) is 15.2. The van der Waals surface area contributed by atoms with Crippen molar-refractivity contribution >= 4 is 0 Å². The van der Waals surface area contributed by atoms with Gasteiger partial charge in [-0.05, 0) is 38.2 Å². The van der Waals surface area contributed by atoms with E-state index in [1.165, 1.54) is 19.3 Å². The molecule has 0 aliphatic heterocycles. The maximum Gasteiger partial charge on any atom is 0.387 e. The summed E-state index contributed by atoms with van der Waals surface area (Å²) in [6.07, 6.45) is 6.08. The minimum atomic E-state index is -2.78. The molecule has 2 nitrogen and oxygen atoms in total. The van der Waals surface area contributed by atoms with E-state index in [2.05, 4.69) is 17.0 Å². The quantitative estimate of drug-likeness (QED) is 0.780. The van der Waals surface area contributed by atoms with Gasteiger partial charge >= 0.3 is 6.61 Å². The third-order valence-electron chi connectivity index (χ3n) is 4.34. The lowest BCUT2D eigenvalue weighted by Crippen LogP contribution is -2.31. The summed E-state index contributed by atoms with van der Waals surface area (Å²) in [6.45, 7) is 1.54. The van der Waals surface area contributed by atoms with Gasteiger partial charge in [-0.25, -0.2) is 0 Å². The van der Waals surface area contributed by atoms with Gasteiger partial charge in [0.25, 0.3) is 0 Å². The maximum atomic E-state index is 12.5. The molecule has 0 radical (unpaired) electrons. The van der Waals surface area contributed by atoms with E-state index in [0.717, 1.165) is 24.3 Å². The first-order valence-electron chi connectivity index (χ1n) is 7.86. The van der Waals surface area contributed by atoms with Gasteiger partial charge in [0.2, 0.25) is 0 Å². The standard InChI is InChI=1S/C17H25F2NO/c1-12-6-5-7-14(11-10-12)20-13(2)15-8-3-4-9-16(15)21-17(18)19/h3-4,8-9,12-14,17,20H,5-7,10-11H2,1-2H3. The van der Waals surface area contributed by atoms with Gasteiger partial charge in [0, 0.05) is 17.6 Å². The molecule has 1 saturated carbocycles. The number of hydrogen-bond donors (Lipinski definition) is 1. The zero-order valence-corrected chi connectivity index (χ0v) is 12.8. The maximum absolute atomic E-state index is 12.5.